The molecule has 3 saturated carbocycles. The maximum absolute atomic E-state index is 13.8. The minimum absolute atomic E-state index is 0.0287. The van der Waals surface area contributed by atoms with Crippen LogP contribution in [0.1, 0.15) is 54.7 Å². The molecule has 2 unspecified atom stereocenters. The van der Waals surface area contributed by atoms with Gasteiger partial charge in [0.15, 0.2) is 0 Å². The van der Waals surface area contributed by atoms with Gasteiger partial charge in [-0.25, -0.2) is 13.8 Å². The van der Waals surface area contributed by atoms with Crippen molar-refractivity contribution in [1.29, 1.82) is 0 Å². The molecule has 33 heavy (non-hydrogen) atoms. The lowest BCUT2D eigenvalue weighted by Crippen LogP contribution is -2.42. The van der Waals surface area contributed by atoms with Crippen LogP contribution in [0, 0.1) is 23.2 Å². The number of aliphatic hydroxyl groups is 1. The molecule has 2 heterocycles. The fourth-order valence-corrected chi connectivity index (χ4v) is 6.22. The van der Waals surface area contributed by atoms with E-state index in [1.54, 1.807) is 23.1 Å². The molecule has 0 bridgehead atoms. The predicted octanol–water partition coefficient (Wildman–Crippen LogP) is 2.85. The average Bonchev–Trinajstić information content (AvgIpc) is 3.46. The number of amides is 2. The molecule has 3 aliphatic carbocycles. The van der Waals surface area contributed by atoms with Gasteiger partial charge in [-0.2, -0.15) is 0 Å². The van der Waals surface area contributed by atoms with Gasteiger partial charge in [0, 0.05) is 36.8 Å². The zero-order chi connectivity index (χ0) is 23.0. The quantitative estimate of drug-likeness (QED) is 0.642. The van der Waals surface area contributed by atoms with E-state index in [4.69, 9.17) is 0 Å². The van der Waals surface area contributed by atoms with Crippen LogP contribution in [-0.4, -0.2) is 56.8 Å². The molecule has 2 amide bonds. The summed E-state index contributed by atoms with van der Waals surface area (Å²) in [4.78, 5) is 35.5. The van der Waals surface area contributed by atoms with Crippen LogP contribution in [0.4, 0.5) is 8.78 Å². The van der Waals surface area contributed by atoms with Crippen LogP contribution in [0.3, 0.4) is 0 Å². The molecule has 7 nitrogen and oxygen atoms in total. The lowest BCUT2D eigenvalue weighted by Gasteiger charge is -2.21. The number of carbonyl (C=O) groups is 2. The van der Waals surface area contributed by atoms with E-state index in [0.717, 1.165) is 12.8 Å². The van der Waals surface area contributed by atoms with E-state index in [9.17, 15) is 23.5 Å². The summed E-state index contributed by atoms with van der Waals surface area (Å²) in [5, 5.41) is 12.5. The number of aliphatic hydroxyl groups excluding tert-OH is 1. The van der Waals surface area contributed by atoms with Gasteiger partial charge in [0.2, 0.25) is 5.91 Å². The summed E-state index contributed by atoms with van der Waals surface area (Å²) in [7, 11) is 0. The molecule has 4 fully saturated rings. The number of halogens is 2. The van der Waals surface area contributed by atoms with Crippen molar-refractivity contribution in [3.8, 4) is 0 Å². The van der Waals surface area contributed by atoms with E-state index in [2.05, 4.69) is 15.3 Å². The second kappa shape index (κ2) is 7.22. The Balaban J connectivity index is 1.17. The Kier molecular flexibility index (Phi) is 4.60. The van der Waals surface area contributed by atoms with Gasteiger partial charge < -0.3 is 20.3 Å². The van der Waals surface area contributed by atoms with Gasteiger partial charge in [0.25, 0.3) is 11.8 Å². The largest absolute Gasteiger partial charge is 0.388 e. The van der Waals surface area contributed by atoms with Crippen LogP contribution in [0.15, 0.2) is 18.2 Å². The van der Waals surface area contributed by atoms with Crippen LogP contribution < -0.4 is 5.32 Å². The van der Waals surface area contributed by atoms with E-state index >= 15 is 0 Å². The second-order valence-corrected chi connectivity index (χ2v) is 10.5. The highest BCUT2D eigenvalue weighted by Gasteiger charge is 2.73. The van der Waals surface area contributed by atoms with Crippen LogP contribution in [0.25, 0.3) is 11.0 Å². The molecule has 176 valence electrons. The molecule has 1 aromatic heterocycles. The summed E-state index contributed by atoms with van der Waals surface area (Å²) in [6, 6.07) is 5.11. The summed E-state index contributed by atoms with van der Waals surface area (Å²) in [5.74, 6) is -2.15. The number of para-hydroxylation sites is 1. The fourth-order valence-electron chi connectivity index (χ4n) is 6.22. The Hall–Kier alpha value is -2.55. The number of likely N-dealkylation sites (tertiary alicyclic amines) is 1. The summed E-state index contributed by atoms with van der Waals surface area (Å²) in [6.45, 7) is 0.757. The first kappa shape index (κ1) is 21.0. The van der Waals surface area contributed by atoms with Crippen molar-refractivity contribution in [3.05, 3.63) is 29.6 Å². The molecule has 4 atom stereocenters. The minimum Gasteiger partial charge on any atom is -0.388 e. The highest BCUT2D eigenvalue weighted by molar-refractivity contribution is 6.05. The van der Waals surface area contributed by atoms with E-state index in [0.29, 0.717) is 54.3 Å². The number of rotatable bonds is 5. The van der Waals surface area contributed by atoms with Gasteiger partial charge in [-0.15, -0.1) is 0 Å². The third kappa shape index (κ3) is 3.43. The van der Waals surface area contributed by atoms with E-state index in [-0.39, 0.29) is 49.1 Å². The van der Waals surface area contributed by atoms with Crippen molar-refractivity contribution in [2.45, 2.75) is 57.1 Å². The molecule has 4 aliphatic rings. The topological polar surface area (TPSA) is 98.3 Å². The number of nitrogens with zero attached hydrogens (tertiary/aromatic N) is 2. The van der Waals surface area contributed by atoms with Crippen molar-refractivity contribution in [2.24, 2.45) is 23.2 Å². The van der Waals surface area contributed by atoms with E-state index < -0.39 is 11.3 Å². The van der Waals surface area contributed by atoms with Gasteiger partial charge >= 0.3 is 0 Å². The van der Waals surface area contributed by atoms with E-state index in [1.165, 1.54) is 0 Å². The third-order valence-corrected chi connectivity index (χ3v) is 8.35. The number of hydrogen-bond acceptors (Lipinski definition) is 4. The Morgan fingerprint density at radius 1 is 1.24 bits per heavy atom. The Labute approximate surface area is 189 Å². The molecule has 2 aromatic rings. The SMILES string of the molecule is O=C(N[C@@H]1CN(C(=O)C2CCC3(C2)CC3(F)F)C[C@H]1C1CC1)c1cccc2[nH]c(CO)nc12. The van der Waals surface area contributed by atoms with Crippen molar-refractivity contribution >= 4 is 22.8 Å². The van der Waals surface area contributed by atoms with Gasteiger partial charge in [0.05, 0.1) is 17.1 Å². The number of carbonyl (C=O) groups excluding carboxylic acids is 2. The van der Waals surface area contributed by atoms with Crippen LogP contribution >= 0.6 is 0 Å². The fraction of sp³-hybridized carbons (Fsp3) is 0.625. The first-order chi connectivity index (χ1) is 15.8. The number of nitrogens with one attached hydrogen (secondary N) is 2. The molecule has 0 radical (unpaired) electrons. The zero-order valence-electron chi connectivity index (χ0n) is 18.3. The standard InChI is InChI=1S/C24H28F2N4O3/c25-24(26)12-23(24)7-6-14(8-23)22(33)30-9-16(13-4-5-13)18(10-30)28-21(32)15-2-1-3-17-20(15)29-19(11-31)27-17/h1-3,13-14,16,18,31H,4-12H2,(H,27,29)(H,28,32)/t14?,16-,18+,23?/m0/s1. The molecule has 6 rings (SSSR count). The molecule has 1 aromatic carbocycles. The molecule has 1 aliphatic heterocycles. The summed E-state index contributed by atoms with van der Waals surface area (Å²) >= 11 is 0. The smallest absolute Gasteiger partial charge is 0.254 e. The van der Waals surface area contributed by atoms with Crippen molar-refractivity contribution in [3.63, 3.8) is 0 Å². The number of H-pyrrole nitrogens is 1. The van der Waals surface area contributed by atoms with Gasteiger partial charge in [-0.3, -0.25) is 9.59 Å². The monoisotopic (exact) mass is 458 g/mol. The van der Waals surface area contributed by atoms with Crippen molar-refractivity contribution < 1.29 is 23.5 Å². The van der Waals surface area contributed by atoms with Crippen molar-refractivity contribution in [1.82, 2.24) is 20.2 Å². The molecular formula is C24H28F2N4O3. The highest BCUT2D eigenvalue weighted by atomic mass is 19.3. The minimum atomic E-state index is -2.61. The first-order valence-corrected chi connectivity index (χ1v) is 11.9. The number of hydrogen-bond donors (Lipinski definition) is 3. The molecule has 1 spiro atoms. The molecule has 9 heteroatoms. The number of alkyl halides is 2. The normalized spacial score (nSPS) is 32.6. The third-order valence-electron chi connectivity index (χ3n) is 8.35. The van der Waals surface area contributed by atoms with Crippen LogP contribution in [0.2, 0.25) is 0 Å². The number of imidazole rings is 1. The van der Waals surface area contributed by atoms with Crippen LogP contribution in [0.5, 0.6) is 0 Å². The predicted molar refractivity (Wildman–Crippen MR) is 115 cm³/mol. The number of aromatic amines is 1. The number of fused-ring (bicyclic) bond motifs is 1. The Morgan fingerprint density at radius 2 is 2.03 bits per heavy atom. The summed E-state index contributed by atoms with van der Waals surface area (Å²) < 4.78 is 27.6. The van der Waals surface area contributed by atoms with Gasteiger partial charge in [0.1, 0.15) is 17.9 Å². The highest BCUT2D eigenvalue weighted by Crippen LogP contribution is 2.69. The Morgan fingerprint density at radius 3 is 2.70 bits per heavy atom. The summed E-state index contributed by atoms with van der Waals surface area (Å²) in [5.41, 5.74) is 0.679. The molecule has 1 saturated heterocycles. The molecule has 3 N–H and O–H groups in total. The van der Waals surface area contributed by atoms with Crippen molar-refractivity contribution in [2.75, 3.05) is 13.1 Å². The zero-order valence-corrected chi connectivity index (χ0v) is 18.3. The lowest BCUT2D eigenvalue weighted by atomic mass is 9.97. The average molecular weight is 459 g/mol. The van der Waals surface area contributed by atoms with Crippen LogP contribution in [-0.2, 0) is 11.4 Å². The van der Waals surface area contributed by atoms with Gasteiger partial charge in [-0.1, -0.05) is 6.07 Å². The lowest BCUT2D eigenvalue weighted by molar-refractivity contribution is -0.134. The second-order valence-electron chi connectivity index (χ2n) is 10.5. The number of benzene rings is 1. The maximum atomic E-state index is 13.8. The summed E-state index contributed by atoms with van der Waals surface area (Å²) in [6.07, 6.45) is 3.35. The van der Waals surface area contributed by atoms with Gasteiger partial charge in [-0.05, 0) is 50.2 Å². The molecular weight excluding hydrogens is 430 g/mol. The number of aromatic nitrogens is 2. The first-order valence-electron chi connectivity index (χ1n) is 11.9. The maximum Gasteiger partial charge on any atom is 0.254 e. The van der Waals surface area contributed by atoms with E-state index in [1.807, 2.05) is 0 Å². The Bertz CT molecular complexity index is 1130.